The number of carbonyl (C=O) groups is 1. The monoisotopic (exact) mass is 168 g/mol. The Balaban J connectivity index is 0. The molecular weight excluding hydrogens is 156 g/mol. The van der Waals surface area contributed by atoms with Gasteiger partial charge in [0.25, 0.3) is 0 Å². The van der Waals surface area contributed by atoms with E-state index in [1.165, 1.54) is 7.11 Å². The number of nitrogens with two attached hydrogens (primary N) is 2. The Bertz CT molecular complexity index is 95.6. The number of ether oxygens (including phenoxy) is 1. The highest BCUT2D eigenvalue weighted by Gasteiger charge is 2.13. The Hall–Kier alpha value is -0.320. The van der Waals surface area contributed by atoms with E-state index >= 15 is 0 Å². The average molecular weight is 169 g/mol. The molecule has 0 aliphatic heterocycles. The van der Waals surface area contributed by atoms with Crippen molar-refractivity contribution in [3.8, 4) is 0 Å². The molecule has 0 aromatic heterocycles. The molecule has 0 saturated heterocycles. The van der Waals surface area contributed by atoms with Crippen molar-refractivity contribution in [2.45, 2.75) is 0 Å². The average Bonchev–Trinajstić information content (AvgIpc) is 1.90. The molecule has 0 unspecified atom stereocenters. The first-order valence-electron chi connectivity index (χ1n) is 2.74. The van der Waals surface area contributed by atoms with Gasteiger partial charge >= 0.3 is 5.97 Å². The lowest BCUT2D eigenvalue weighted by Gasteiger charge is -2.07. The van der Waals surface area contributed by atoms with Gasteiger partial charge in [-0.2, -0.15) is 0 Å². The summed E-state index contributed by atoms with van der Waals surface area (Å²) in [7, 11) is 1.32. The van der Waals surface area contributed by atoms with Crippen molar-refractivity contribution in [3.05, 3.63) is 0 Å². The topological polar surface area (TPSA) is 78.3 Å². The summed E-state index contributed by atoms with van der Waals surface area (Å²) in [6.07, 6.45) is 0. The maximum absolute atomic E-state index is 10.6. The minimum Gasteiger partial charge on any atom is -0.469 e. The van der Waals surface area contributed by atoms with Crippen LogP contribution in [0.15, 0.2) is 0 Å². The van der Waals surface area contributed by atoms with E-state index in [9.17, 15) is 4.79 Å². The van der Waals surface area contributed by atoms with Gasteiger partial charge in [0.2, 0.25) is 0 Å². The molecule has 0 saturated carbocycles. The molecule has 4 N–H and O–H groups in total. The maximum Gasteiger partial charge on any atom is 0.311 e. The highest BCUT2D eigenvalue weighted by molar-refractivity contribution is 5.85. The lowest BCUT2D eigenvalue weighted by atomic mass is 10.1. The van der Waals surface area contributed by atoms with Crippen molar-refractivity contribution < 1.29 is 9.53 Å². The normalized spacial score (nSPS) is 8.80. The van der Waals surface area contributed by atoms with E-state index in [0.29, 0.717) is 0 Å². The first-order chi connectivity index (χ1) is 4.26. The minimum absolute atomic E-state index is 0. The highest BCUT2D eigenvalue weighted by Crippen LogP contribution is 1.91. The number of methoxy groups -OCH3 is 1. The Morgan fingerprint density at radius 3 is 2.00 bits per heavy atom. The molecule has 0 fully saturated rings. The van der Waals surface area contributed by atoms with Crippen molar-refractivity contribution in [3.63, 3.8) is 0 Å². The Kier molecular flexibility index (Phi) is 8.40. The van der Waals surface area contributed by atoms with Gasteiger partial charge in [0, 0.05) is 13.1 Å². The van der Waals surface area contributed by atoms with Crippen molar-refractivity contribution in [2.75, 3.05) is 20.2 Å². The van der Waals surface area contributed by atoms with Crippen LogP contribution in [0.4, 0.5) is 0 Å². The second-order valence-corrected chi connectivity index (χ2v) is 1.69. The third kappa shape index (κ3) is 3.66. The van der Waals surface area contributed by atoms with E-state index in [0.717, 1.165) is 0 Å². The predicted molar refractivity (Wildman–Crippen MR) is 40.9 cm³/mol. The smallest absolute Gasteiger partial charge is 0.311 e. The molecule has 0 spiro atoms. The molecule has 62 valence electrons. The fourth-order valence-corrected chi connectivity index (χ4v) is 0.455. The quantitative estimate of drug-likeness (QED) is 0.537. The van der Waals surface area contributed by atoms with Crippen LogP contribution in [0.2, 0.25) is 0 Å². The molecule has 0 heterocycles. The molecule has 0 aliphatic carbocycles. The third-order valence-electron chi connectivity index (χ3n) is 1.10. The summed E-state index contributed by atoms with van der Waals surface area (Å²) in [5.74, 6) is -0.671. The zero-order valence-electron chi connectivity index (χ0n) is 5.87. The standard InChI is InChI=1S/C5H12N2O2.ClH/c1-9-5(8)4(2-6)3-7;/h4H,2-3,6-7H2,1H3;1H. The van der Waals surface area contributed by atoms with E-state index in [-0.39, 0.29) is 37.4 Å². The Morgan fingerprint density at radius 1 is 1.50 bits per heavy atom. The number of halogens is 1. The molecule has 0 aromatic rings. The second-order valence-electron chi connectivity index (χ2n) is 1.69. The number of hydrogen-bond acceptors (Lipinski definition) is 4. The molecule has 0 radical (unpaired) electrons. The van der Waals surface area contributed by atoms with Crippen molar-refractivity contribution >= 4 is 18.4 Å². The van der Waals surface area contributed by atoms with Gasteiger partial charge in [0.1, 0.15) is 0 Å². The summed E-state index contributed by atoms with van der Waals surface area (Å²) in [5, 5.41) is 0. The van der Waals surface area contributed by atoms with Crippen LogP contribution < -0.4 is 11.5 Å². The Morgan fingerprint density at radius 2 is 1.90 bits per heavy atom. The molecule has 5 heteroatoms. The summed E-state index contributed by atoms with van der Waals surface area (Å²) in [6, 6.07) is 0. The largest absolute Gasteiger partial charge is 0.469 e. The molecule has 4 nitrogen and oxygen atoms in total. The van der Waals surface area contributed by atoms with Gasteiger partial charge in [-0.25, -0.2) is 0 Å². The Labute approximate surface area is 66.3 Å². The lowest BCUT2D eigenvalue weighted by molar-refractivity contribution is -0.144. The van der Waals surface area contributed by atoms with Crippen LogP contribution in [0.3, 0.4) is 0 Å². The number of esters is 1. The fourth-order valence-electron chi connectivity index (χ4n) is 0.455. The molecule has 0 aliphatic rings. The van der Waals surface area contributed by atoms with Gasteiger partial charge in [-0.1, -0.05) is 0 Å². The number of carbonyl (C=O) groups excluding carboxylic acids is 1. The van der Waals surface area contributed by atoms with E-state index < -0.39 is 0 Å². The van der Waals surface area contributed by atoms with Crippen LogP contribution in [-0.2, 0) is 9.53 Å². The summed E-state index contributed by atoms with van der Waals surface area (Å²) >= 11 is 0. The van der Waals surface area contributed by atoms with Crippen LogP contribution >= 0.6 is 12.4 Å². The van der Waals surface area contributed by atoms with Crippen LogP contribution in [-0.4, -0.2) is 26.2 Å². The van der Waals surface area contributed by atoms with Gasteiger partial charge in [0.05, 0.1) is 13.0 Å². The molecule has 10 heavy (non-hydrogen) atoms. The number of rotatable bonds is 3. The summed E-state index contributed by atoms with van der Waals surface area (Å²) in [5.41, 5.74) is 10.4. The third-order valence-corrected chi connectivity index (χ3v) is 1.10. The highest BCUT2D eigenvalue weighted by atomic mass is 35.5. The molecule has 0 atom stereocenters. The van der Waals surface area contributed by atoms with Crippen molar-refractivity contribution in [1.82, 2.24) is 0 Å². The van der Waals surface area contributed by atoms with Crippen molar-refractivity contribution in [2.24, 2.45) is 17.4 Å². The molecule has 0 bridgehead atoms. The zero-order chi connectivity index (χ0) is 7.28. The van der Waals surface area contributed by atoms with Gasteiger partial charge in [-0.3, -0.25) is 4.79 Å². The summed E-state index contributed by atoms with van der Waals surface area (Å²) in [6.45, 7) is 0.506. The van der Waals surface area contributed by atoms with E-state index in [4.69, 9.17) is 11.5 Å². The SMILES string of the molecule is COC(=O)C(CN)CN.Cl. The minimum atomic E-state index is -0.338. The van der Waals surface area contributed by atoms with Crippen LogP contribution in [0.1, 0.15) is 0 Å². The summed E-state index contributed by atoms with van der Waals surface area (Å²) < 4.78 is 4.40. The fraction of sp³-hybridized carbons (Fsp3) is 0.800. The van der Waals surface area contributed by atoms with Crippen LogP contribution in [0.5, 0.6) is 0 Å². The lowest BCUT2D eigenvalue weighted by Crippen LogP contribution is -2.31. The van der Waals surface area contributed by atoms with E-state index in [2.05, 4.69) is 4.74 Å². The van der Waals surface area contributed by atoms with Gasteiger partial charge in [-0.05, 0) is 0 Å². The summed E-state index contributed by atoms with van der Waals surface area (Å²) in [4.78, 5) is 10.6. The maximum atomic E-state index is 10.6. The molecule has 0 rings (SSSR count). The van der Waals surface area contributed by atoms with Crippen LogP contribution in [0.25, 0.3) is 0 Å². The van der Waals surface area contributed by atoms with Gasteiger partial charge in [0.15, 0.2) is 0 Å². The zero-order valence-corrected chi connectivity index (χ0v) is 6.69. The second kappa shape index (κ2) is 6.80. The first-order valence-corrected chi connectivity index (χ1v) is 2.74. The first kappa shape index (κ1) is 12.4. The van der Waals surface area contributed by atoms with E-state index in [1.807, 2.05) is 0 Å². The predicted octanol–water partition coefficient (Wildman–Crippen LogP) is -0.885. The molecule has 0 amide bonds. The van der Waals surface area contributed by atoms with Gasteiger partial charge < -0.3 is 16.2 Å². The number of hydrogen-bond donors (Lipinski definition) is 2. The van der Waals surface area contributed by atoms with Crippen LogP contribution in [0, 0.1) is 5.92 Å². The van der Waals surface area contributed by atoms with Crippen molar-refractivity contribution in [1.29, 1.82) is 0 Å². The molecule has 0 aromatic carbocycles. The van der Waals surface area contributed by atoms with Gasteiger partial charge in [-0.15, -0.1) is 12.4 Å². The van der Waals surface area contributed by atoms with E-state index in [1.54, 1.807) is 0 Å². The molecular formula is C5H13ClN2O2.